The van der Waals surface area contributed by atoms with Crippen molar-refractivity contribution in [2.75, 3.05) is 27.9 Å². The fraction of sp³-hybridized carbons (Fsp3) is 0.864. The first-order valence-electron chi connectivity index (χ1n) is 20.3. The number of methoxy groups -OCH3 is 3. The van der Waals surface area contributed by atoms with Gasteiger partial charge in [0, 0.05) is 0 Å². The lowest BCUT2D eigenvalue weighted by Crippen LogP contribution is -2.65. The number of esters is 4. The topological polar surface area (TPSA) is 144 Å². The van der Waals surface area contributed by atoms with Crippen LogP contribution in [0.2, 0.25) is 0 Å². The molecular weight excluding hydrogens is 704 g/mol. The Bertz CT molecular complexity index is 1470. The zero-order chi connectivity index (χ0) is 41.6. The first-order chi connectivity index (χ1) is 25.2. The zero-order valence-electron chi connectivity index (χ0n) is 36.2. The smallest absolute Gasteiger partial charge is 0.311 e. The van der Waals surface area contributed by atoms with Crippen LogP contribution in [-0.4, -0.2) is 85.4 Å². The van der Waals surface area contributed by atoms with E-state index in [-0.39, 0.29) is 67.4 Å². The molecule has 0 amide bonds. The third kappa shape index (κ3) is 8.41. The number of ether oxygens (including phenoxy) is 6. The second-order valence-corrected chi connectivity index (χ2v) is 20.1. The van der Waals surface area contributed by atoms with E-state index in [2.05, 4.69) is 48.1 Å². The number of aliphatic hydroxyl groups is 1. The third-order valence-corrected chi connectivity index (χ3v) is 15.5. The van der Waals surface area contributed by atoms with E-state index in [1.807, 2.05) is 33.8 Å². The summed E-state index contributed by atoms with van der Waals surface area (Å²) in [6, 6.07) is 0. The Labute approximate surface area is 330 Å². The van der Waals surface area contributed by atoms with E-state index in [1.165, 1.54) is 21.3 Å². The Morgan fingerprint density at radius 3 is 1.73 bits per heavy atom. The van der Waals surface area contributed by atoms with Crippen LogP contribution in [0.15, 0.2) is 12.7 Å². The normalized spacial score (nSPS) is 39.7. The second kappa shape index (κ2) is 15.7. The van der Waals surface area contributed by atoms with E-state index in [1.54, 1.807) is 0 Å². The predicted molar refractivity (Wildman–Crippen MR) is 208 cm³/mol. The van der Waals surface area contributed by atoms with Crippen molar-refractivity contribution in [2.45, 2.75) is 168 Å². The molecule has 0 spiro atoms. The Hall–Kier alpha value is -2.50. The quantitative estimate of drug-likeness (QED) is 0.113. The highest BCUT2D eigenvalue weighted by molar-refractivity contribution is 5.77. The largest absolute Gasteiger partial charge is 0.469 e. The SMILES string of the molecule is C=C[C@@]1(C)CC[C@H]2[C@](C)(CC(=O)OC)[C@H](C(C)(C)CC(=O)OC[C@@H](O)[C@@]3(C)CC[C@H]4[C@](C)(CC(=O)OC)[C@H](C(C)(C)C(=O)OC)CC[C@]4(C)O3)CC[C@]2(C)O1. The summed E-state index contributed by atoms with van der Waals surface area (Å²) < 4.78 is 35.1. The highest BCUT2D eigenvalue weighted by Crippen LogP contribution is 2.64. The number of rotatable bonds is 13. The summed E-state index contributed by atoms with van der Waals surface area (Å²) in [5.74, 6) is -1.63. The van der Waals surface area contributed by atoms with Crippen LogP contribution in [-0.2, 0) is 47.6 Å². The monoisotopic (exact) mass is 777 g/mol. The van der Waals surface area contributed by atoms with Gasteiger partial charge in [0.1, 0.15) is 12.7 Å². The molecule has 0 aromatic rings. The van der Waals surface area contributed by atoms with E-state index in [9.17, 15) is 24.3 Å². The van der Waals surface area contributed by atoms with E-state index < -0.39 is 56.1 Å². The predicted octanol–water partition coefficient (Wildman–Crippen LogP) is 7.54. The molecule has 1 N–H and O–H groups in total. The molecule has 0 unspecified atom stereocenters. The summed E-state index contributed by atoms with van der Waals surface area (Å²) in [7, 11) is 4.17. The van der Waals surface area contributed by atoms with Gasteiger partial charge in [-0.05, 0) is 133 Å². The standard InChI is InChI=1S/C44H72O11/c1-15-39(6)20-16-30-40(7,25-33(46)50-12)28(17-21-42(30,9)54-39)37(2,3)24-35(48)53-27-32(45)44(11)23-19-31-41(8,26-34(47)51-13)29(18-22-43(31,10)55-44)38(4,5)36(49)52-14/h15,28-32,45H,1,16-27H2,2-14H3/t28-,29-,30-,31-,32+,39-,40+,41+,42-,43-,44+/m0/s1. The molecule has 2 heterocycles. The van der Waals surface area contributed by atoms with Gasteiger partial charge in [-0.25, -0.2) is 0 Å². The van der Waals surface area contributed by atoms with Crippen LogP contribution in [0.3, 0.4) is 0 Å². The van der Waals surface area contributed by atoms with Gasteiger partial charge in [0.25, 0.3) is 0 Å². The first kappa shape index (κ1) is 45.2. The molecular formula is C44H72O11. The van der Waals surface area contributed by atoms with Crippen molar-refractivity contribution in [3.8, 4) is 0 Å². The summed E-state index contributed by atoms with van der Waals surface area (Å²) in [6.45, 7) is 24.0. The maximum Gasteiger partial charge on any atom is 0.311 e. The number of hydrogen-bond donors (Lipinski definition) is 1. The molecule has 11 atom stereocenters. The van der Waals surface area contributed by atoms with Crippen LogP contribution >= 0.6 is 0 Å². The molecule has 55 heavy (non-hydrogen) atoms. The molecule has 314 valence electrons. The van der Waals surface area contributed by atoms with Gasteiger partial charge in [0.2, 0.25) is 0 Å². The van der Waals surface area contributed by atoms with Crippen molar-refractivity contribution in [2.24, 2.45) is 45.3 Å². The van der Waals surface area contributed by atoms with Crippen LogP contribution in [0.1, 0.15) is 140 Å². The molecule has 0 aromatic carbocycles. The van der Waals surface area contributed by atoms with Crippen molar-refractivity contribution in [1.82, 2.24) is 0 Å². The average Bonchev–Trinajstić information content (AvgIpc) is 3.08. The Kier molecular flexibility index (Phi) is 12.9. The van der Waals surface area contributed by atoms with E-state index in [4.69, 9.17) is 28.4 Å². The van der Waals surface area contributed by atoms with E-state index in [0.717, 1.165) is 25.7 Å². The number of aliphatic hydroxyl groups excluding tert-OH is 1. The van der Waals surface area contributed by atoms with E-state index >= 15 is 0 Å². The van der Waals surface area contributed by atoms with E-state index in [0.29, 0.717) is 25.7 Å². The molecule has 11 nitrogen and oxygen atoms in total. The van der Waals surface area contributed by atoms with Gasteiger partial charge in [-0.15, -0.1) is 6.58 Å². The minimum Gasteiger partial charge on any atom is -0.469 e. The van der Waals surface area contributed by atoms with Gasteiger partial charge in [-0.3, -0.25) is 19.2 Å². The average molecular weight is 777 g/mol. The molecule has 4 fully saturated rings. The first-order valence-corrected chi connectivity index (χ1v) is 20.3. The van der Waals surface area contributed by atoms with Crippen molar-refractivity contribution in [3.05, 3.63) is 12.7 Å². The van der Waals surface area contributed by atoms with Gasteiger partial charge in [0.05, 0.1) is 68.4 Å². The zero-order valence-corrected chi connectivity index (χ0v) is 36.2. The fourth-order valence-electron chi connectivity index (χ4n) is 12.7. The van der Waals surface area contributed by atoms with Gasteiger partial charge in [0.15, 0.2) is 0 Å². The number of carbonyl (C=O) groups is 4. The lowest BCUT2D eigenvalue weighted by atomic mass is 9.47. The minimum absolute atomic E-state index is 0.0130. The van der Waals surface area contributed by atoms with Crippen molar-refractivity contribution >= 4 is 23.9 Å². The summed E-state index contributed by atoms with van der Waals surface area (Å²) in [6.07, 6.45) is 6.72. The molecule has 0 bridgehead atoms. The summed E-state index contributed by atoms with van der Waals surface area (Å²) in [5, 5.41) is 11.7. The molecule has 11 heteroatoms. The summed E-state index contributed by atoms with van der Waals surface area (Å²) >= 11 is 0. The summed E-state index contributed by atoms with van der Waals surface area (Å²) in [5.41, 5.74) is -5.21. The van der Waals surface area contributed by atoms with Crippen LogP contribution in [0.5, 0.6) is 0 Å². The van der Waals surface area contributed by atoms with Crippen LogP contribution in [0.25, 0.3) is 0 Å². The van der Waals surface area contributed by atoms with Crippen LogP contribution in [0, 0.1) is 45.3 Å². The summed E-state index contributed by atoms with van der Waals surface area (Å²) in [4.78, 5) is 52.5. The molecule has 2 aliphatic heterocycles. The molecule has 4 rings (SSSR count). The Morgan fingerprint density at radius 2 is 1.22 bits per heavy atom. The van der Waals surface area contributed by atoms with Gasteiger partial charge >= 0.3 is 23.9 Å². The van der Waals surface area contributed by atoms with Crippen molar-refractivity contribution in [3.63, 3.8) is 0 Å². The lowest BCUT2D eigenvalue weighted by Gasteiger charge is -2.63. The van der Waals surface area contributed by atoms with Crippen LogP contribution < -0.4 is 0 Å². The minimum atomic E-state index is -1.10. The second-order valence-electron chi connectivity index (χ2n) is 20.1. The van der Waals surface area contributed by atoms with Gasteiger partial charge in [-0.2, -0.15) is 0 Å². The van der Waals surface area contributed by atoms with Crippen molar-refractivity contribution < 1.29 is 52.7 Å². The maximum absolute atomic E-state index is 13.7. The highest BCUT2D eigenvalue weighted by atomic mass is 16.6. The molecule has 0 aromatic heterocycles. The lowest BCUT2D eigenvalue weighted by molar-refractivity contribution is -0.284. The molecule has 2 saturated carbocycles. The molecule has 2 saturated heterocycles. The molecule has 0 radical (unpaired) electrons. The van der Waals surface area contributed by atoms with Crippen LogP contribution in [0.4, 0.5) is 0 Å². The molecule has 4 aliphatic rings. The Balaban J connectivity index is 1.48. The number of hydrogen-bond acceptors (Lipinski definition) is 11. The van der Waals surface area contributed by atoms with Gasteiger partial charge < -0.3 is 33.5 Å². The third-order valence-electron chi connectivity index (χ3n) is 15.5. The van der Waals surface area contributed by atoms with Crippen molar-refractivity contribution in [1.29, 1.82) is 0 Å². The van der Waals surface area contributed by atoms with Gasteiger partial charge in [-0.1, -0.05) is 33.8 Å². The molecule has 2 aliphatic carbocycles. The number of fused-ring (bicyclic) bond motifs is 2. The fourth-order valence-corrected chi connectivity index (χ4v) is 12.7. The number of carbonyl (C=O) groups excluding carboxylic acids is 4. The highest BCUT2D eigenvalue weighted by Gasteiger charge is 2.64. The Morgan fingerprint density at radius 1 is 0.727 bits per heavy atom. The maximum atomic E-state index is 13.7.